The Morgan fingerprint density at radius 2 is 0.985 bits per heavy atom. The molecular formula is C42H51N7O15S3. The first kappa shape index (κ1) is 51.9. The van der Waals surface area contributed by atoms with E-state index in [4.69, 9.17) is 9.47 Å². The number of nitro groups is 3. The van der Waals surface area contributed by atoms with Crippen molar-refractivity contribution in [3.8, 4) is 5.75 Å². The van der Waals surface area contributed by atoms with E-state index in [9.17, 15) is 60.4 Å². The maximum atomic E-state index is 14.5. The lowest BCUT2D eigenvalue weighted by Crippen LogP contribution is -2.50. The molecule has 1 heterocycles. The van der Waals surface area contributed by atoms with E-state index in [2.05, 4.69) is 5.32 Å². The summed E-state index contributed by atoms with van der Waals surface area (Å²) >= 11 is 0. The van der Waals surface area contributed by atoms with Gasteiger partial charge in [0.2, 0.25) is 30.1 Å². The third kappa shape index (κ3) is 13.5. The molecule has 67 heavy (non-hydrogen) atoms. The fourth-order valence-corrected chi connectivity index (χ4v) is 12.2. The number of amides is 1. The third-order valence-electron chi connectivity index (χ3n) is 10.4. The van der Waals surface area contributed by atoms with Crippen LogP contribution in [0, 0.1) is 36.3 Å². The van der Waals surface area contributed by atoms with Crippen LogP contribution in [0.1, 0.15) is 52.9 Å². The second-order valence-electron chi connectivity index (χ2n) is 16.4. The van der Waals surface area contributed by atoms with Gasteiger partial charge < -0.3 is 9.47 Å². The second-order valence-corrected chi connectivity index (χ2v) is 22.1. The number of para-hydroxylation sites is 3. The summed E-state index contributed by atoms with van der Waals surface area (Å²) in [5, 5.41) is 38.8. The van der Waals surface area contributed by atoms with Crippen molar-refractivity contribution in [2.45, 2.75) is 73.2 Å². The minimum atomic E-state index is -4.88. The van der Waals surface area contributed by atoms with Crippen LogP contribution >= 0.6 is 0 Å². The minimum Gasteiger partial charge on any atom is -0.494 e. The van der Waals surface area contributed by atoms with Crippen molar-refractivity contribution < 1.29 is 54.3 Å². The van der Waals surface area contributed by atoms with Crippen molar-refractivity contribution in [2.24, 2.45) is 5.92 Å². The monoisotopic (exact) mass is 989 g/mol. The first-order chi connectivity index (χ1) is 31.5. The summed E-state index contributed by atoms with van der Waals surface area (Å²) in [4.78, 5) is 43.3. The summed E-state index contributed by atoms with van der Waals surface area (Å²) in [6.07, 6.45) is 1.78. The molecule has 0 unspecified atom stereocenters. The Balaban J connectivity index is 1.43. The average molecular weight is 990 g/mol. The maximum Gasteiger partial charge on any atom is 0.412 e. The number of anilines is 1. The number of nitrogens with one attached hydrogen (secondary N) is 1. The first-order valence-corrected chi connectivity index (χ1v) is 25.3. The van der Waals surface area contributed by atoms with Crippen LogP contribution in [0.4, 0.5) is 27.5 Å². The fraction of sp³-hybridized carbons (Fsp3) is 0.405. The lowest BCUT2D eigenvalue weighted by atomic mass is 10.00. The van der Waals surface area contributed by atoms with E-state index in [-0.39, 0.29) is 6.42 Å². The van der Waals surface area contributed by atoms with Gasteiger partial charge in [-0.15, -0.1) is 0 Å². The molecule has 1 saturated heterocycles. The van der Waals surface area contributed by atoms with Gasteiger partial charge in [0, 0.05) is 63.2 Å². The molecule has 5 rings (SSSR count). The van der Waals surface area contributed by atoms with Crippen molar-refractivity contribution in [3.05, 3.63) is 127 Å². The van der Waals surface area contributed by atoms with Crippen LogP contribution in [0.3, 0.4) is 0 Å². The molecule has 1 aliphatic rings. The normalized spacial score (nSPS) is 15.3. The number of sulfonamides is 3. The number of ether oxygens (including phenoxy) is 2. The van der Waals surface area contributed by atoms with Crippen molar-refractivity contribution in [1.82, 2.24) is 12.9 Å². The molecule has 0 spiro atoms. The van der Waals surface area contributed by atoms with Gasteiger partial charge in [0.05, 0.1) is 21.4 Å². The molecule has 0 aliphatic carbocycles. The van der Waals surface area contributed by atoms with E-state index in [0.717, 1.165) is 45.0 Å². The van der Waals surface area contributed by atoms with E-state index in [1.54, 1.807) is 45.0 Å². The summed E-state index contributed by atoms with van der Waals surface area (Å²) in [6, 6.07) is 20.2. The molecule has 1 fully saturated rings. The molecule has 0 atom stereocenters. The highest BCUT2D eigenvalue weighted by atomic mass is 32.2. The Morgan fingerprint density at radius 1 is 0.597 bits per heavy atom. The number of carbonyl (C=O) groups is 1. The Hall–Kier alpha value is -6.12. The SMILES string of the molecule is CC(C)(C)OC(=O)Nc1ccc(OCCCCCCC2CN(S(=O)(=O)c3ccccc3[N+](=O)[O-])CCN(S(=O)(=O)c3ccccc3[N+](=O)[O-])CCN(S(=O)(=O)c3ccccc3[N+](=O)[O-])C2)cc1. The van der Waals surface area contributed by atoms with Crippen molar-refractivity contribution >= 4 is 58.9 Å². The van der Waals surface area contributed by atoms with Crippen molar-refractivity contribution in [2.75, 3.05) is 51.2 Å². The largest absolute Gasteiger partial charge is 0.494 e. The molecule has 0 radical (unpaired) electrons. The molecule has 362 valence electrons. The third-order valence-corrected chi connectivity index (χ3v) is 16.2. The number of carbonyl (C=O) groups excluding carboxylic acids is 1. The van der Waals surface area contributed by atoms with E-state index in [0.29, 0.717) is 48.0 Å². The van der Waals surface area contributed by atoms with Crippen molar-refractivity contribution in [3.63, 3.8) is 0 Å². The van der Waals surface area contributed by atoms with Gasteiger partial charge in [-0.05, 0) is 82.0 Å². The minimum absolute atomic E-state index is 0.191. The molecule has 0 aromatic heterocycles. The molecule has 25 heteroatoms. The van der Waals surface area contributed by atoms with Gasteiger partial charge in [-0.3, -0.25) is 35.7 Å². The summed E-state index contributed by atoms with van der Waals surface area (Å²) in [7, 11) is -14.6. The lowest BCUT2D eigenvalue weighted by Gasteiger charge is -2.35. The Labute approximate surface area is 388 Å². The van der Waals surface area contributed by atoms with Crippen LogP contribution in [-0.4, -0.2) is 111 Å². The topological polar surface area (TPSA) is 289 Å². The molecule has 1 amide bonds. The van der Waals surface area contributed by atoms with E-state index in [1.807, 2.05) is 0 Å². The van der Waals surface area contributed by atoms with Crippen LogP contribution in [-0.2, 0) is 34.8 Å². The summed E-state index contributed by atoms with van der Waals surface area (Å²) in [6.45, 7) is 2.06. The molecule has 22 nitrogen and oxygen atoms in total. The van der Waals surface area contributed by atoms with E-state index < -0.39 is 133 Å². The van der Waals surface area contributed by atoms with Gasteiger partial charge >= 0.3 is 6.09 Å². The number of hydrogen-bond acceptors (Lipinski definition) is 15. The van der Waals surface area contributed by atoms with Crippen LogP contribution in [0.5, 0.6) is 5.75 Å². The number of nitrogens with zero attached hydrogens (tertiary/aromatic N) is 6. The number of rotatable bonds is 18. The first-order valence-electron chi connectivity index (χ1n) is 21.0. The van der Waals surface area contributed by atoms with Gasteiger partial charge in [-0.25, -0.2) is 30.0 Å². The molecule has 1 aliphatic heterocycles. The molecule has 0 saturated carbocycles. The summed E-state index contributed by atoms with van der Waals surface area (Å²) in [5.74, 6) is -0.304. The molecule has 4 aromatic rings. The smallest absolute Gasteiger partial charge is 0.412 e. The zero-order valence-electron chi connectivity index (χ0n) is 36.8. The quantitative estimate of drug-likeness (QED) is 0.0610. The zero-order valence-corrected chi connectivity index (χ0v) is 39.3. The Kier molecular flexibility index (Phi) is 17.1. The fourth-order valence-electron chi connectivity index (χ4n) is 7.26. The number of hydrogen-bond donors (Lipinski definition) is 1. The molecule has 4 aromatic carbocycles. The van der Waals surface area contributed by atoms with Gasteiger partial charge in [-0.1, -0.05) is 55.7 Å². The van der Waals surface area contributed by atoms with Gasteiger partial charge in [0.1, 0.15) is 11.4 Å². The highest BCUT2D eigenvalue weighted by molar-refractivity contribution is 7.90. The number of unbranched alkanes of at least 4 members (excludes halogenated alkanes) is 3. The Morgan fingerprint density at radius 3 is 1.40 bits per heavy atom. The number of nitro benzene ring substituents is 3. The van der Waals surface area contributed by atoms with Crippen LogP contribution in [0.25, 0.3) is 0 Å². The van der Waals surface area contributed by atoms with E-state index >= 15 is 0 Å². The lowest BCUT2D eigenvalue weighted by molar-refractivity contribution is -0.388. The van der Waals surface area contributed by atoms with E-state index in [1.165, 1.54) is 36.4 Å². The van der Waals surface area contributed by atoms with Crippen LogP contribution in [0.15, 0.2) is 112 Å². The molecule has 1 N–H and O–H groups in total. The van der Waals surface area contributed by atoms with Crippen LogP contribution < -0.4 is 10.1 Å². The maximum absolute atomic E-state index is 14.5. The van der Waals surface area contributed by atoms with Gasteiger partial charge in [0.15, 0.2) is 14.7 Å². The van der Waals surface area contributed by atoms with Gasteiger partial charge in [-0.2, -0.15) is 12.9 Å². The molecular weight excluding hydrogens is 939 g/mol. The van der Waals surface area contributed by atoms with Crippen molar-refractivity contribution in [1.29, 1.82) is 0 Å². The predicted molar refractivity (Wildman–Crippen MR) is 244 cm³/mol. The number of benzene rings is 4. The highest BCUT2D eigenvalue weighted by Crippen LogP contribution is 2.33. The van der Waals surface area contributed by atoms with Gasteiger partial charge in [0.25, 0.3) is 17.1 Å². The zero-order chi connectivity index (χ0) is 49.2. The average Bonchev–Trinajstić information content (AvgIpc) is 3.27. The predicted octanol–water partition coefficient (Wildman–Crippen LogP) is 6.79. The second kappa shape index (κ2) is 22.1. The summed E-state index contributed by atoms with van der Waals surface area (Å²) < 4.78 is 100. The highest BCUT2D eigenvalue weighted by Gasteiger charge is 2.40. The Bertz CT molecular complexity index is 2670. The van der Waals surface area contributed by atoms with Crippen LogP contribution in [0.2, 0.25) is 0 Å². The molecule has 0 bridgehead atoms. The summed E-state index contributed by atoms with van der Waals surface area (Å²) in [5.41, 5.74) is -2.50. The standard InChI is InChI=1S/C42H51N7O15S3/c1-42(2,3)64-41(50)43-33-21-23-34(24-22-33)63-29-13-5-4-6-14-32-30-45(66(59,60)39-19-11-8-16-36(39)48(53)54)27-25-44(65(57,58)38-18-10-7-15-35(38)47(51)52)26-28-46(31-32)67(61,62)40-20-12-9-17-37(40)49(55)56/h7-12,15-24,32H,4-6,13-14,25-31H2,1-3H3,(H,43,50).